The molecule has 0 aromatic heterocycles. The maximum absolute atomic E-state index is 10.4. The van der Waals surface area contributed by atoms with Gasteiger partial charge in [0.15, 0.2) is 0 Å². The summed E-state index contributed by atoms with van der Waals surface area (Å²) in [5.41, 5.74) is 0.541. The molecular weight excluding hydrogens is 130 g/mol. The molecule has 1 unspecified atom stereocenters. The van der Waals surface area contributed by atoms with E-state index in [1.807, 2.05) is 7.05 Å². The second kappa shape index (κ2) is 2.84. The topological polar surface area (TPSA) is 49.3 Å². The second-order valence-electron chi connectivity index (χ2n) is 2.43. The van der Waals surface area contributed by atoms with Crippen LogP contribution in [0.5, 0.6) is 0 Å². The summed E-state index contributed by atoms with van der Waals surface area (Å²) in [5.74, 6) is -0.780. The first-order valence-electron chi connectivity index (χ1n) is 3.35. The van der Waals surface area contributed by atoms with E-state index < -0.39 is 5.97 Å². The highest BCUT2D eigenvalue weighted by atomic mass is 16.4. The molecule has 1 rings (SSSR count). The average molecular weight is 141 g/mol. The average Bonchev–Trinajstić information content (AvgIpc) is 2.34. The van der Waals surface area contributed by atoms with Crippen molar-refractivity contribution in [3.8, 4) is 0 Å². The molecule has 0 spiro atoms. The van der Waals surface area contributed by atoms with Gasteiger partial charge in [0, 0.05) is 11.6 Å². The number of carbonyl (C=O) groups is 1. The fourth-order valence-electron chi connectivity index (χ4n) is 1.13. The van der Waals surface area contributed by atoms with Crippen LogP contribution in [0.15, 0.2) is 11.6 Å². The highest BCUT2D eigenvalue weighted by molar-refractivity contribution is 5.87. The van der Waals surface area contributed by atoms with Crippen molar-refractivity contribution in [3.05, 3.63) is 11.6 Å². The lowest BCUT2D eigenvalue weighted by Gasteiger charge is -2.01. The van der Waals surface area contributed by atoms with Gasteiger partial charge in [-0.1, -0.05) is 6.08 Å². The summed E-state index contributed by atoms with van der Waals surface area (Å²) in [6.45, 7) is 0. The van der Waals surface area contributed by atoms with Crippen molar-refractivity contribution < 1.29 is 9.90 Å². The van der Waals surface area contributed by atoms with Crippen LogP contribution in [0.4, 0.5) is 0 Å². The van der Waals surface area contributed by atoms with Crippen molar-refractivity contribution >= 4 is 5.97 Å². The fourth-order valence-corrected chi connectivity index (χ4v) is 1.13. The van der Waals surface area contributed by atoms with Crippen molar-refractivity contribution in [2.45, 2.75) is 18.9 Å². The summed E-state index contributed by atoms with van der Waals surface area (Å²) in [6.07, 6.45) is 3.39. The third-order valence-corrected chi connectivity index (χ3v) is 1.77. The number of hydrogen-bond acceptors (Lipinski definition) is 2. The molecule has 0 saturated heterocycles. The number of rotatable bonds is 2. The molecule has 0 aromatic rings. The quantitative estimate of drug-likeness (QED) is 0.584. The first kappa shape index (κ1) is 7.28. The van der Waals surface area contributed by atoms with Gasteiger partial charge in [0.25, 0.3) is 0 Å². The molecule has 0 amide bonds. The zero-order valence-corrected chi connectivity index (χ0v) is 5.92. The second-order valence-corrected chi connectivity index (χ2v) is 2.43. The third-order valence-electron chi connectivity index (χ3n) is 1.77. The molecule has 0 fully saturated rings. The van der Waals surface area contributed by atoms with Crippen molar-refractivity contribution in [2.75, 3.05) is 7.05 Å². The van der Waals surface area contributed by atoms with Gasteiger partial charge in [-0.15, -0.1) is 0 Å². The molecule has 10 heavy (non-hydrogen) atoms. The fraction of sp³-hybridized carbons (Fsp3) is 0.571. The summed E-state index contributed by atoms with van der Waals surface area (Å²) in [5, 5.41) is 11.5. The van der Waals surface area contributed by atoms with Crippen LogP contribution in [-0.2, 0) is 4.79 Å². The molecule has 1 atom stereocenters. The summed E-state index contributed by atoms with van der Waals surface area (Å²) in [6, 6.07) is 0.270. The van der Waals surface area contributed by atoms with E-state index in [0.29, 0.717) is 12.0 Å². The Hall–Kier alpha value is -0.830. The Balaban J connectivity index is 2.57. The van der Waals surface area contributed by atoms with Gasteiger partial charge in [0.2, 0.25) is 0 Å². The van der Waals surface area contributed by atoms with Crippen LogP contribution >= 0.6 is 0 Å². The number of carboxylic acid groups (broad SMARTS) is 1. The van der Waals surface area contributed by atoms with Gasteiger partial charge in [0.05, 0.1) is 0 Å². The first-order valence-corrected chi connectivity index (χ1v) is 3.35. The van der Waals surface area contributed by atoms with Gasteiger partial charge >= 0.3 is 5.97 Å². The molecule has 1 aliphatic rings. The maximum Gasteiger partial charge on any atom is 0.331 e. The number of likely N-dealkylation sites (N-methyl/N-ethyl adjacent to an activating group) is 1. The molecular formula is C7H11NO2. The lowest BCUT2D eigenvalue weighted by Crippen LogP contribution is -2.19. The number of carboxylic acids is 1. The van der Waals surface area contributed by atoms with Crippen LogP contribution in [0.2, 0.25) is 0 Å². The first-order chi connectivity index (χ1) is 4.74. The minimum Gasteiger partial charge on any atom is -0.478 e. The molecule has 0 bridgehead atoms. The predicted molar refractivity (Wildman–Crippen MR) is 37.8 cm³/mol. The normalized spacial score (nSPS) is 24.5. The number of nitrogens with one attached hydrogen (secondary N) is 1. The molecule has 0 aromatic carbocycles. The molecule has 0 radical (unpaired) electrons. The van der Waals surface area contributed by atoms with Gasteiger partial charge in [-0.3, -0.25) is 0 Å². The lowest BCUT2D eigenvalue weighted by molar-refractivity contribution is -0.132. The van der Waals surface area contributed by atoms with Crippen LogP contribution in [-0.4, -0.2) is 24.2 Å². The highest BCUT2D eigenvalue weighted by Crippen LogP contribution is 2.17. The SMILES string of the molecule is CNC1C=C(C(=O)O)CC1. The smallest absolute Gasteiger partial charge is 0.331 e. The maximum atomic E-state index is 10.4. The molecule has 3 nitrogen and oxygen atoms in total. The molecule has 0 heterocycles. The van der Waals surface area contributed by atoms with Gasteiger partial charge in [-0.25, -0.2) is 4.79 Å². The minimum atomic E-state index is -0.780. The van der Waals surface area contributed by atoms with Crippen LogP contribution in [0, 0.1) is 0 Å². The summed E-state index contributed by atoms with van der Waals surface area (Å²) >= 11 is 0. The zero-order valence-electron chi connectivity index (χ0n) is 5.92. The van der Waals surface area contributed by atoms with Gasteiger partial charge < -0.3 is 10.4 Å². The van der Waals surface area contributed by atoms with Crippen molar-refractivity contribution in [1.82, 2.24) is 5.32 Å². The lowest BCUT2D eigenvalue weighted by atomic mass is 10.2. The molecule has 0 saturated carbocycles. The summed E-state index contributed by atoms with van der Waals surface area (Å²) < 4.78 is 0. The van der Waals surface area contributed by atoms with E-state index in [0.717, 1.165) is 6.42 Å². The Kier molecular flexibility index (Phi) is 2.06. The standard InChI is InChI=1S/C7H11NO2/c1-8-6-3-2-5(4-6)7(9)10/h4,6,8H,2-3H2,1H3,(H,9,10). The number of hydrogen-bond donors (Lipinski definition) is 2. The molecule has 0 aliphatic heterocycles. The molecule has 3 heteroatoms. The van der Waals surface area contributed by atoms with E-state index in [-0.39, 0.29) is 6.04 Å². The minimum absolute atomic E-state index is 0.270. The number of aliphatic carboxylic acids is 1. The van der Waals surface area contributed by atoms with E-state index in [9.17, 15) is 4.79 Å². The molecule has 1 aliphatic carbocycles. The Labute approximate surface area is 59.7 Å². The van der Waals surface area contributed by atoms with Crippen molar-refractivity contribution in [3.63, 3.8) is 0 Å². The van der Waals surface area contributed by atoms with Gasteiger partial charge in [-0.2, -0.15) is 0 Å². The largest absolute Gasteiger partial charge is 0.478 e. The van der Waals surface area contributed by atoms with Crippen LogP contribution in [0.3, 0.4) is 0 Å². The Morgan fingerprint density at radius 3 is 2.90 bits per heavy atom. The molecule has 2 N–H and O–H groups in total. The Morgan fingerprint density at radius 2 is 2.60 bits per heavy atom. The third kappa shape index (κ3) is 1.36. The van der Waals surface area contributed by atoms with E-state index in [4.69, 9.17) is 5.11 Å². The summed E-state index contributed by atoms with van der Waals surface area (Å²) in [7, 11) is 1.84. The monoisotopic (exact) mass is 141 g/mol. The van der Waals surface area contributed by atoms with E-state index in [1.54, 1.807) is 6.08 Å². The predicted octanol–water partition coefficient (Wildman–Crippen LogP) is 0.379. The van der Waals surface area contributed by atoms with Crippen LogP contribution < -0.4 is 5.32 Å². The zero-order chi connectivity index (χ0) is 7.56. The van der Waals surface area contributed by atoms with Gasteiger partial charge in [-0.05, 0) is 19.9 Å². The summed E-state index contributed by atoms with van der Waals surface area (Å²) in [4.78, 5) is 10.4. The van der Waals surface area contributed by atoms with Crippen molar-refractivity contribution in [1.29, 1.82) is 0 Å². The van der Waals surface area contributed by atoms with Crippen LogP contribution in [0.25, 0.3) is 0 Å². The van der Waals surface area contributed by atoms with E-state index >= 15 is 0 Å². The van der Waals surface area contributed by atoms with Crippen molar-refractivity contribution in [2.24, 2.45) is 0 Å². The van der Waals surface area contributed by atoms with E-state index in [1.165, 1.54) is 0 Å². The van der Waals surface area contributed by atoms with E-state index in [2.05, 4.69) is 5.32 Å². The van der Waals surface area contributed by atoms with Gasteiger partial charge in [0.1, 0.15) is 0 Å². The highest BCUT2D eigenvalue weighted by Gasteiger charge is 2.17. The van der Waals surface area contributed by atoms with Crippen LogP contribution in [0.1, 0.15) is 12.8 Å². The Bertz CT molecular complexity index is 174. The molecule has 56 valence electrons. The Morgan fingerprint density at radius 1 is 1.90 bits per heavy atom.